The Labute approximate surface area is 143 Å². The zero-order valence-corrected chi connectivity index (χ0v) is 15.8. The van der Waals surface area contributed by atoms with Crippen molar-refractivity contribution < 1.29 is 14.0 Å². The molecule has 1 saturated heterocycles. The van der Waals surface area contributed by atoms with Gasteiger partial charge in [0.25, 0.3) is 0 Å². The lowest BCUT2D eigenvalue weighted by molar-refractivity contribution is -0.199. The Bertz CT molecular complexity index is 413. The normalized spacial score (nSPS) is 39.0. The van der Waals surface area contributed by atoms with Gasteiger partial charge in [-0.15, -0.1) is 0 Å². The molecule has 132 valence electrons. The van der Waals surface area contributed by atoms with Crippen LogP contribution in [0.5, 0.6) is 0 Å². The first-order valence-corrected chi connectivity index (χ1v) is 9.88. The van der Waals surface area contributed by atoms with Crippen molar-refractivity contribution in [3.63, 3.8) is 0 Å². The summed E-state index contributed by atoms with van der Waals surface area (Å²) in [6.45, 7) is 12.2. The highest BCUT2D eigenvalue weighted by Crippen LogP contribution is 2.65. The van der Waals surface area contributed by atoms with E-state index in [0.717, 1.165) is 25.4 Å². The first kappa shape index (κ1) is 17.8. The maximum atomic E-state index is 6.56. The molecule has 23 heavy (non-hydrogen) atoms. The van der Waals surface area contributed by atoms with Gasteiger partial charge in [-0.05, 0) is 50.4 Å². The van der Waals surface area contributed by atoms with Gasteiger partial charge < -0.3 is 14.0 Å². The average molecular weight is 322 g/mol. The Morgan fingerprint density at radius 1 is 1.13 bits per heavy atom. The number of hydrogen-bond donors (Lipinski definition) is 0. The van der Waals surface area contributed by atoms with E-state index in [0.29, 0.717) is 11.3 Å². The summed E-state index contributed by atoms with van der Waals surface area (Å²) in [5, 5.41) is 0. The molecule has 4 heteroatoms. The largest absolute Gasteiger partial charge is 0.488 e. The van der Waals surface area contributed by atoms with Crippen LogP contribution in [-0.2, 0) is 14.0 Å². The van der Waals surface area contributed by atoms with Gasteiger partial charge in [0.2, 0.25) is 0 Å². The molecule has 4 fully saturated rings. The molecule has 0 amide bonds. The van der Waals surface area contributed by atoms with Crippen molar-refractivity contribution in [1.82, 2.24) is 0 Å². The predicted octanol–water partition coefficient (Wildman–Crippen LogP) is 4.63. The summed E-state index contributed by atoms with van der Waals surface area (Å²) >= 11 is 0. The summed E-state index contributed by atoms with van der Waals surface area (Å²) in [5.74, 6) is 1.44. The lowest BCUT2D eigenvalue weighted by Gasteiger charge is -2.64. The zero-order chi connectivity index (χ0) is 16.7. The van der Waals surface area contributed by atoms with Crippen LogP contribution in [0, 0.1) is 17.3 Å². The van der Waals surface area contributed by atoms with Gasteiger partial charge in [-0.2, -0.15) is 0 Å². The van der Waals surface area contributed by atoms with Crippen molar-refractivity contribution in [3.8, 4) is 0 Å². The van der Waals surface area contributed by atoms with Gasteiger partial charge >= 0.3 is 7.12 Å². The van der Waals surface area contributed by atoms with E-state index in [-0.39, 0.29) is 24.8 Å². The van der Waals surface area contributed by atoms with E-state index in [1.54, 1.807) is 0 Å². The van der Waals surface area contributed by atoms with Crippen molar-refractivity contribution in [1.29, 1.82) is 0 Å². The molecule has 3 saturated carbocycles. The Kier molecular flexibility index (Phi) is 5.16. The molecule has 1 heterocycles. The van der Waals surface area contributed by atoms with Crippen molar-refractivity contribution >= 4 is 7.12 Å². The van der Waals surface area contributed by atoms with Gasteiger partial charge in [0.05, 0.1) is 17.7 Å². The van der Waals surface area contributed by atoms with Gasteiger partial charge in [-0.1, -0.05) is 46.5 Å². The average Bonchev–Trinajstić information content (AvgIpc) is 2.86. The van der Waals surface area contributed by atoms with Crippen LogP contribution in [0.25, 0.3) is 0 Å². The molecule has 0 aromatic carbocycles. The lowest BCUT2D eigenvalue weighted by atomic mass is 9.43. The number of rotatable bonds is 8. The van der Waals surface area contributed by atoms with Crippen LogP contribution in [-0.4, -0.2) is 31.4 Å². The minimum Gasteiger partial charge on any atom is -0.404 e. The van der Waals surface area contributed by atoms with Crippen molar-refractivity contribution in [3.05, 3.63) is 0 Å². The SMILES string of the molecule is CCCCCC[C@@H](OCC)B1OC2C[C@@H]3C[C@@H](C3(C)C)[C@]2(C)O1. The molecular formula is C19H35BO3. The van der Waals surface area contributed by atoms with Crippen molar-refractivity contribution in [2.24, 2.45) is 17.3 Å². The fraction of sp³-hybridized carbons (Fsp3) is 1.00. The molecule has 1 aliphatic heterocycles. The molecule has 0 N–H and O–H groups in total. The van der Waals surface area contributed by atoms with Gasteiger partial charge in [-0.25, -0.2) is 0 Å². The molecule has 0 radical (unpaired) electrons. The van der Waals surface area contributed by atoms with Gasteiger partial charge in [0.1, 0.15) is 0 Å². The summed E-state index contributed by atoms with van der Waals surface area (Å²) in [5.41, 5.74) is 0.299. The molecule has 5 atom stereocenters. The van der Waals surface area contributed by atoms with E-state index in [1.807, 2.05) is 0 Å². The maximum Gasteiger partial charge on any atom is 0.488 e. The van der Waals surface area contributed by atoms with Crippen molar-refractivity contribution in [2.75, 3.05) is 6.61 Å². The van der Waals surface area contributed by atoms with Crippen LogP contribution in [0.15, 0.2) is 0 Å². The Balaban J connectivity index is 1.62. The first-order valence-electron chi connectivity index (χ1n) is 9.88. The molecule has 0 aromatic rings. The molecule has 2 bridgehead atoms. The number of unbranched alkanes of at least 4 members (excludes halogenated alkanes) is 3. The Hall–Kier alpha value is -0.0551. The molecule has 4 aliphatic rings. The highest BCUT2D eigenvalue weighted by Gasteiger charge is 2.68. The highest BCUT2D eigenvalue weighted by molar-refractivity contribution is 6.47. The number of ether oxygens (including phenoxy) is 1. The molecular weight excluding hydrogens is 287 g/mol. The van der Waals surface area contributed by atoms with Crippen LogP contribution in [0.2, 0.25) is 0 Å². The van der Waals surface area contributed by atoms with E-state index in [2.05, 4.69) is 34.6 Å². The molecule has 4 rings (SSSR count). The third kappa shape index (κ3) is 3.00. The zero-order valence-electron chi connectivity index (χ0n) is 15.8. The minimum atomic E-state index is -0.165. The van der Waals surface area contributed by atoms with Gasteiger partial charge in [0, 0.05) is 6.61 Å². The maximum absolute atomic E-state index is 6.56. The molecule has 0 aromatic heterocycles. The Morgan fingerprint density at radius 2 is 1.91 bits per heavy atom. The van der Waals surface area contributed by atoms with Crippen LogP contribution < -0.4 is 0 Å². The molecule has 3 nitrogen and oxygen atoms in total. The molecule has 3 aliphatic carbocycles. The summed E-state index contributed by atoms with van der Waals surface area (Å²) < 4.78 is 19.0. The second-order valence-corrected chi connectivity index (χ2v) is 8.68. The van der Waals surface area contributed by atoms with Gasteiger partial charge in [0.15, 0.2) is 0 Å². The second-order valence-electron chi connectivity index (χ2n) is 8.68. The van der Waals surface area contributed by atoms with Gasteiger partial charge in [-0.3, -0.25) is 0 Å². The predicted molar refractivity (Wildman–Crippen MR) is 94.3 cm³/mol. The third-order valence-corrected chi connectivity index (χ3v) is 7.00. The third-order valence-electron chi connectivity index (χ3n) is 7.00. The molecule has 1 unspecified atom stereocenters. The fourth-order valence-electron chi connectivity index (χ4n) is 5.34. The minimum absolute atomic E-state index is 0.0968. The molecule has 0 spiro atoms. The first-order chi connectivity index (χ1) is 10.9. The quantitative estimate of drug-likeness (QED) is 0.482. The summed E-state index contributed by atoms with van der Waals surface area (Å²) in [4.78, 5) is 0. The standard InChI is InChI=1S/C19H35BO3/c1-6-8-9-10-11-17(21-7-2)20-22-16-13-14-12-15(18(14,3)4)19(16,5)23-20/h14-17H,6-13H2,1-5H3/t14-,15-,16?,17+,19-/m0/s1. The Morgan fingerprint density at radius 3 is 2.57 bits per heavy atom. The fourth-order valence-corrected chi connectivity index (χ4v) is 5.34. The van der Waals surface area contributed by atoms with Crippen LogP contribution in [0.3, 0.4) is 0 Å². The summed E-state index contributed by atoms with van der Waals surface area (Å²) in [7, 11) is -0.165. The summed E-state index contributed by atoms with van der Waals surface area (Å²) in [6.07, 6.45) is 8.86. The van der Waals surface area contributed by atoms with E-state index in [1.165, 1.54) is 32.1 Å². The van der Waals surface area contributed by atoms with E-state index in [9.17, 15) is 0 Å². The highest BCUT2D eigenvalue weighted by atomic mass is 16.7. The smallest absolute Gasteiger partial charge is 0.404 e. The second kappa shape index (κ2) is 6.69. The topological polar surface area (TPSA) is 27.7 Å². The summed E-state index contributed by atoms with van der Waals surface area (Å²) in [6, 6.07) is 0.0968. The van der Waals surface area contributed by atoms with E-state index in [4.69, 9.17) is 14.0 Å². The van der Waals surface area contributed by atoms with Crippen molar-refractivity contribution in [2.45, 2.75) is 97.3 Å². The van der Waals surface area contributed by atoms with Crippen LogP contribution in [0.1, 0.15) is 79.6 Å². The van der Waals surface area contributed by atoms with E-state index < -0.39 is 0 Å². The van der Waals surface area contributed by atoms with E-state index >= 15 is 0 Å². The number of hydrogen-bond acceptors (Lipinski definition) is 3. The van der Waals surface area contributed by atoms with Crippen LogP contribution in [0.4, 0.5) is 0 Å². The van der Waals surface area contributed by atoms with Crippen LogP contribution >= 0.6 is 0 Å². The monoisotopic (exact) mass is 322 g/mol. The lowest BCUT2D eigenvalue weighted by Crippen LogP contribution is -2.65.